The van der Waals surface area contributed by atoms with Crippen molar-refractivity contribution >= 4 is 20.0 Å². The Hall–Kier alpha value is -0.960. The zero-order valence-corrected chi connectivity index (χ0v) is 16.5. The second-order valence-electron chi connectivity index (χ2n) is 7.49. The first-order chi connectivity index (χ1) is 11.6. The molecule has 2 atom stereocenters. The van der Waals surface area contributed by atoms with Gasteiger partial charge in [-0.2, -0.15) is 4.31 Å². The molecule has 140 valence electrons. The number of fused-ring (bicyclic) bond motifs is 2. The maximum atomic E-state index is 12.7. The number of benzene rings is 1. The Labute approximate surface area is 150 Å². The van der Waals surface area contributed by atoms with Gasteiger partial charge in [-0.05, 0) is 49.3 Å². The van der Waals surface area contributed by atoms with Crippen LogP contribution in [0.3, 0.4) is 0 Å². The lowest BCUT2D eigenvalue weighted by Crippen LogP contribution is -2.51. The molecule has 6 nitrogen and oxygen atoms in total. The summed E-state index contributed by atoms with van der Waals surface area (Å²) in [5.74, 6) is 0.348. The summed E-state index contributed by atoms with van der Waals surface area (Å²) in [6.45, 7) is 4.13. The SMILES string of the molecule is CC(C)c1ccc(S(=O)(=O)NC2CC3CCC(C2)N3S(C)(=O)=O)cc1. The highest BCUT2D eigenvalue weighted by Crippen LogP contribution is 2.37. The van der Waals surface area contributed by atoms with E-state index in [0.717, 1.165) is 18.4 Å². The molecule has 1 N–H and O–H groups in total. The van der Waals surface area contributed by atoms with E-state index in [1.54, 1.807) is 16.4 Å². The van der Waals surface area contributed by atoms with Gasteiger partial charge in [0.05, 0.1) is 11.2 Å². The third kappa shape index (κ3) is 3.92. The van der Waals surface area contributed by atoms with Crippen LogP contribution in [0.25, 0.3) is 0 Å². The summed E-state index contributed by atoms with van der Waals surface area (Å²) in [6.07, 6.45) is 3.91. The van der Waals surface area contributed by atoms with Crippen LogP contribution >= 0.6 is 0 Å². The van der Waals surface area contributed by atoms with Crippen molar-refractivity contribution in [3.8, 4) is 0 Å². The second-order valence-corrected chi connectivity index (χ2v) is 11.1. The summed E-state index contributed by atoms with van der Waals surface area (Å²) in [6, 6.07) is 6.56. The van der Waals surface area contributed by atoms with Crippen molar-refractivity contribution in [1.82, 2.24) is 9.03 Å². The zero-order valence-electron chi connectivity index (χ0n) is 14.8. The maximum Gasteiger partial charge on any atom is 0.240 e. The minimum Gasteiger partial charge on any atom is -0.212 e. The van der Waals surface area contributed by atoms with Gasteiger partial charge in [0.1, 0.15) is 0 Å². The Bertz CT molecular complexity index is 818. The summed E-state index contributed by atoms with van der Waals surface area (Å²) in [4.78, 5) is 0.259. The predicted octanol–water partition coefficient (Wildman–Crippen LogP) is 2.04. The van der Waals surface area contributed by atoms with Gasteiger partial charge in [-0.1, -0.05) is 26.0 Å². The summed E-state index contributed by atoms with van der Waals surface area (Å²) < 4.78 is 53.5. The lowest BCUT2D eigenvalue weighted by Gasteiger charge is -2.37. The first-order valence-corrected chi connectivity index (χ1v) is 12.0. The molecular formula is C17H26N2O4S2. The Balaban J connectivity index is 1.73. The lowest BCUT2D eigenvalue weighted by molar-refractivity contribution is 0.221. The molecular weight excluding hydrogens is 360 g/mol. The minimum absolute atomic E-state index is 0.0928. The largest absolute Gasteiger partial charge is 0.240 e. The molecule has 2 saturated heterocycles. The molecule has 8 heteroatoms. The lowest BCUT2D eigenvalue weighted by atomic mass is 10.0. The number of hydrogen-bond acceptors (Lipinski definition) is 4. The van der Waals surface area contributed by atoms with Crippen LogP contribution in [0.5, 0.6) is 0 Å². The van der Waals surface area contributed by atoms with Crippen LogP contribution in [0.1, 0.15) is 51.0 Å². The number of rotatable bonds is 5. The van der Waals surface area contributed by atoms with Crippen LogP contribution in [0.2, 0.25) is 0 Å². The van der Waals surface area contributed by atoms with E-state index in [1.165, 1.54) is 6.26 Å². The first-order valence-electron chi connectivity index (χ1n) is 8.69. The average Bonchev–Trinajstić information content (AvgIpc) is 2.79. The van der Waals surface area contributed by atoms with Crippen LogP contribution < -0.4 is 4.72 Å². The van der Waals surface area contributed by atoms with Crippen molar-refractivity contribution < 1.29 is 16.8 Å². The van der Waals surface area contributed by atoms with Gasteiger partial charge in [-0.25, -0.2) is 21.6 Å². The summed E-state index contributed by atoms with van der Waals surface area (Å²) in [7, 11) is -6.83. The smallest absolute Gasteiger partial charge is 0.212 e. The highest BCUT2D eigenvalue weighted by molar-refractivity contribution is 7.89. The van der Waals surface area contributed by atoms with E-state index in [0.29, 0.717) is 18.8 Å². The van der Waals surface area contributed by atoms with Crippen molar-refractivity contribution in [2.45, 2.75) is 68.5 Å². The predicted molar refractivity (Wildman–Crippen MR) is 97.4 cm³/mol. The maximum absolute atomic E-state index is 12.7. The normalized spacial score (nSPS) is 27.8. The van der Waals surface area contributed by atoms with Crippen molar-refractivity contribution in [2.24, 2.45) is 0 Å². The van der Waals surface area contributed by atoms with E-state index in [2.05, 4.69) is 18.6 Å². The molecule has 2 heterocycles. The molecule has 1 aromatic carbocycles. The van der Waals surface area contributed by atoms with E-state index < -0.39 is 20.0 Å². The molecule has 0 aliphatic carbocycles. The molecule has 0 amide bonds. The Morgan fingerprint density at radius 3 is 1.96 bits per heavy atom. The molecule has 0 aromatic heterocycles. The van der Waals surface area contributed by atoms with Gasteiger partial charge >= 0.3 is 0 Å². The van der Waals surface area contributed by atoms with Crippen molar-refractivity contribution in [3.63, 3.8) is 0 Å². The molecule has 1 aromatic rings. The molecule has 2 aliphatic rings. The summed E-state index contributed by atoms with van der Waals surface area (Å²) >= 11 is 0. The van der Waals surface area contributed by atoms with E-state index in [4.69, 9.17) is 0 Å². The van der Waals surface area contributed by atoms with E-state index in [1.807, 2.05) is 12.1 Å². The molecule has 0 saturated carbocycles. The fourth-order valence-electron chi connectivity index (χ4n) is 4.09. The van der Waals surface area contributed by atoms with Gasteiger partial charge in [-0.3, -0.25) is 0 Å². The fraction of sp³-hybridized carbons (Fsp3) is 0.647. The second kappa shape index (κ2) is 6.64. The zero-order chi connectivity index (χ0) is 18.4. The molecule has 25 heavy (non-hydrogen) atoms. The summed E-state index contributed by atoms with van der Waals surface area (Å²) in [5.41, 5.74) is 1.10. The standard InChI is InChI=1S/C17H26N2O4S2/c1-12(2)13-4-8-17(9-5-13)25(22,23)18-14-10-15-6-7-16(11-14)19(15)24(3,20)21/h4-5,8-9,12,14-16,18H,6-7,10-11H2,1-3H3. The molecule has 2 aliphatic heterocycles. The number of sulfonamides is 2. The highest BCUT2D eigenvalue weighted by Gasteiger charge is 2.45. The fourth-order valence-corrected chi connectivity index (χ4v) is 6.82. The van der Waals surface area contributed by atoms with E-state index in [9.17, 15) is 16.8 Å². The summed E-state index contributed by atoms with van der Waals surface area (Å²) in [5, 5.41) is 0. The van der Waals surface area contributed by atoms with Gasteiger partial charge in [0.15, 0.2) is 0 Å². The molecule has 0 radical (unpaired) electrons. The molecule has 2 unspecified atom stereocenters. The van der Waals surface area contributed by atoms with Gasteiger partial charge in [-0.15, -0.1) is 0 Å². The number of piperidine rings is 1. The molecule has 0 spiro atoms. The quantitative estimate of drug-likeness (QED) is 0.839. The van der Waals surface area contributed by atoms with Crippen LogP contribution in [-0.4, -0.2) is 45.5 Å². The molecule has 2 bridgehead atoms. The first kappa shape index (κ1) is 18.8. The third-order valence-corrected chi connectivity index (χ3v) is 8.13. The number of nitrogens with one attached hydrogen (secondary N) is 1. The monoisotopic (exact) mass is 386 g/mol. The average molecular weight is 387 g/mol. The number of hydrogen-bond donors (Lipinski definition) is 1. The van der Waals surface area contributed by atoms with E-state index >= 15 is 0 Å². The number of nitrogens with zero attached hydrogens (tertiary/aromatic N) is 1. The third-order valence-electron chi connectivity index (χ3n) is 5.23. The van der Waals surface area contributed by atoms with Gasteiger partial charge in [0.2, 0.25) is 20.0 Å². The van der Waals surface area contributed by atoms with Gasteiger partial charge in [0.25, 0.3) is 0 Å². The molecule has 2 fully saturated rings. The molecule has 3 rings (SSSR count). The van der Waals surface area contributed by atoms with Crippen LogP contribution in [0.15, 0.2) is 29.2 Å². The minimum atomic E-state index is -3.59. The van der Waals surface area contributed by atoms with Crippen molar-refractivity contribution in [2.75, 3.05) is 6.26 Å². The van der Waals surface area contributed by atoms with Crippen LogP contribution in [0.4, 0.5) is 0 Å². The Morgan fingerprint density at radius 2 is 1.52 bits per heavy atom. The van der Waals surface area contributed by atoms with Crippen LogP contribution in [0, 0.1) is 0 Å². The van der Waals surface area contributed by atoms with Gasteiger partial charge in [0, 0.05) is 18.1 Å². The van der Waals surface area contributed by atoms with Crippen molar-refractivity contribution in [3.05, 3.63) is 29.8 Å². The highest BCUT2D eigenvalue weighted by atomic mass is 32.2. The Morgan fingerprint density at radius 1 is 1.00 bits per heavy atom. The topological polar surface area (TPSA) is 83.6 Å². The Kier molecular flexibility index (Phi) is 5.00. The van der Waals surface area contributed by atoms with Crippen molar-refractivity contribution in [1.29, 1.82) is 0 Å². The van der Waals surface area contributed by atoms with Gasteiger partial charge < -0.3 is 0 Å². The van der Waals surface area contributed by atoms with E-state index in [-0.39, 0.29) is 23.0 Å². The van der Waals surface area contributed by atoms with Crippen LogP contribution in [-0.2, 0) is 20.0 Å².